The highest BCUT2D eigenvalue weighted by Gasteiger charge is 2.22. The molecule has 0 saturated carbocycles. The summed E-state index contributed by atoms with van der Waals surface area (Å²) in [5, 5.41) is 0. The number of nitrogens with one attached hydrogen (secondary N) is 1. The average molecular weight is 610 g/mol. The number of rotatable bonds is 9. The number of methoxy groups -OCH3 is 1. The maximum Gasteiger partial charge on any atom is 0.263 e. The highest BCUT2D eigenvalue weighted by molar-refractivity contribution is 9.11. The number of likely N-dealkylation sites (N-methyl/N-ethyl adjacent to an activating group) is 1. The molecule has 1 amide bonds. The Hall–Kier alpha value is -2.36. The summed E-state index contributed by atoms with van der Waals surface area (Å²) in [6, 6.07) is 19.2. The minimum atomic E-state index is -3.80. The van der Waals surface area contributed by atoms with E-state index in [0.717, 1.165) is 11.3 Å². The lowest BCUT2D eigenvalue weighted by molar-refractivity contribution is 0.0703. The van der Waals surface area contributed by atoms with E-state index < -0.39 is 10.0 Å². The Kier molecular flexibility index (Phi) is 8.78. The summed E-state index contributed by atoms with van der Waals surface area (Å²) in [5.41, 5.74) is 1.98. The van der Waals surface area contributed by atoms with Crippen molar-refractivity contribution >= 4 is 53.5 Å². The van der Waals surface area contributed by atoms with Gasteiger partial charge in [-0.05, 0) is 96.4 Å². The van der Waals surface area contributed by atoms with Gasteiger partial charge in [-0.2, -0.15) is 0 Å². The van der Waals surface area contributed by atoms with Crippen LogP contribution >= 0.6 is 31.9 Å². The van der Waals surface area contributed by atoms with Crippen LogP contribution in [0, 0.1) is 0 Å². The topological polar surface area (TPSA) is 75.7 Å². The monoisotopic (exact) mass is 608 g/mol. The van der Waals surface area contributed by atoms with Gasteiger partial charge in [0.15, 0.2) is 0 Å². The number of ether oxygens (including phenoxy) is 1. The van der Waals surface area contributed by atoms with Gasteiger partial charge in [0.05, 0.1) is 7.11 Å². The fourth-order valence-corrected chi connectivity index (χ4v) is 6.17. The molecule has 1 unspecified atom stereocenters. The number of hydrogen-bond acceptors (Lipinski definition) is 4. The second-order valence-electron chi connectivity index (χ2n) is 7.75. The molecule has 180 valence electrons. The van der Waals surface area contributed by atoms with Gasteiger partial charge in [0.25, 0.3) is 15.9 Å². The molecule has 0 radical (unpaired) electrons. The molecule has 1 N–H and O–H groups in total. The number of carbonyl (C=O) groups is 1. The lowest BCUT2D eigenvalue weighted by atomic mass is 10.0. The third-order valence-corrected chi connectivity index (χ3v) is 8.26. The van der Waals surface area contributed by atoms with Gasteiger partial charge in [-0.25, -0.2) is 8.42 Å². The Morgan fingerprint density at radius 2 is 1.68 bits per heavy atom. The molecule has 0 fully saturated rings. The highest BCUT2D eigenvalue weighted by atomic mass is 79.9. The number of hydrogen-bond donors (Lipinski definition) is 1. The van der Waals surface area contributed by atoms with Crippen molar-refractivity contribution in [1.29, 1.82) is 0 Å². The van der Waals surface area contributed by atoms with Crippen LogP contribution in [-0.4, -0.2) is 38.9 Å². The summed E-state index contributed by atoms with van der Waals surface area (Å²) in [5.74, 6) is 0.690. The standard InChI is InChI=1S/C25H26Br2N2O4S/c1-4-29(17(2)15-18-5-12-22(33-3)13-6-18)25(30)19-7-10-21(11-8-19)28-34(31,32)24-16-20(26)9-14-23(24)27/h5-14,16-17,28H,4,15H2,1-3H3. The molecule has 0 aliphatic heterocycles. The first kappa shape index (κ1) is 26.2. The van der Waals surface area contributed by atoms with E-state index in [-0.39, 0.29) is 16.8 Å². The number of benzene rings is 3. The summed E-state index contributed by atoms with van der Waals surface area (Å²) in [6.07, 6.45) is 0.711. The summed E-state index contributed by atoms with van der Waals surface area (Å²) >= 11 is 6.58. The Morgan fingerprint density at radius 3 is 2.26 bits per heavy atom. The largest absolute Gasteiger partial charge is 0.497 e. The fourth-order valence-electron chi connectivity index (χ4n) is 3.61. The SMILES string of the molecule is CCN(C(=O)c1ccc(NS(=O)(=O)c2cc(Br)ccc2Br)cc1)C(C)Cc1ccc(OC)cc1. The number of anilines is 1. The van der Waals surface area contributed by atoms with Gasteiger partial charge < -0.3 is 9.64 Å². The van der Waals surface area contributed by atoms with Crippen molar-refractivity contribution in [1.82, 2.24) is 4.90 Å². The van der Waals surface area contributed by atoms with E-state index in [0.29, 0.717) is 33.2 Å². The van der Waals surface area contributed by atoms with Gasteiger partial charge >= 0.3 is 0 Å². The summed E-state index contributed by atoms with van der Waals surface area (Å²) in [4.78, 5) is 15.1. The van der Waals surface area contributed by atoms with Gasteiger partial charge in [0.1, 0.15) is 10.6 Å². The maximum atomic E-state index is 13.2. The molecule has 0 aliphatic carbocycles. The Bertz CT molecular complexity index is 1250. The first-order chi connectivity index (χ1) is 16.1. The van der Waals surface area contributed by atoms with Crippen molar-refractivity contribution < 1.29 is 17.9 Å². The molecule has 3 rings (SSSR count). The van der Waals surface area contributed by atoms with Crippen LogP contribution in [0.2, 0.25) is 0 Å². The molecular weight excluding hydrogens is 584 g/mol. The predicted octanol–water partition coefficient (Wildman–Crippen LogP) is 6.11. The average Bonchev–Trinajstić information content (AvgIpc) is 2.81. The first-order valence-corrected chi connectivity index (χ1v) is 13.7. The Balaban J connectivity index is 1.71. The van der Waals surface area contributed by atoms with Crippen molar-refractivity contribution in [3.8, 4) is 5.75 Å². The van der Waals surface area contributed by atoms with Crippen LogP contribution < -0.4 is 9.46 Å². The van der Waals surface area contributed by atoms with E-state index in [1.807, 2.05) is 43.0 Å². The van der Waals surface area contributed by atoms with E-state index in [4.69, 9.17) is 4.74 Å². The fraction of sp³-hybridized carbons (Fsp3) is 0.240. The van der Waals surface area contributed by atoms with Crippen molar-refractivity contribution in [3.63, 3.8) is 0 Å². The van der Waals surface area contributed by atoms with E-state index >= 15 is 0 Å². The molecule has 0 aliphatic rings. The van der Waals surface area contributed by atoms with Crippen molar-refractivity contribution in [2.75, 3.05) is 18.4 Å². The molecule has 0 bridgehead atoms. The molecule has 9 heteroatoms. The summed E-state index contributed by atoms with van der Waals surface area (Å²) in [6.45, 7) is 4.52. The van der Waals surface area contributed by atoms with Crippen LogP contribution in [0.3, 0.4) is 0 Å². The Morgan fingerprint density at radius 1 is 1.03 bits per heavy atom. The van der Waals surface area contributed by atoms with Gasteiger partial charge in [-0.15, -0.1) is 0 Å². The van der Waals surface area contributed by atoms with Gasteiger partial charge in [0.2, 0.25) is 0 Å². The summed E-state index contributed by atoms with van der Waals surface area (Å²) < 4.78 is 34.5. The van der Waals surface area contributed by atoms with Crippen molar-refractivity contribution in [3.05, 3.63) is 86.8 Å². The minimum absolute atomic E-state index is 0.0158. The zero-order valence-corrected chi connectivity index (χ0v) is 23.1. The van der Waals surface area contributed by atoms with E-state index in [9.17, 15) is 13.2 Å². The van der Waals surface area contributed by atoms with Gasteiger partial charge in [0, 0.05) is 32.8 Å². The van der Waals surface area contributed by atoms with Crippen LogP contribution in [0.1, 0.15) is 29.8 Å². The van der Waals surface area contributed by atoms with Gasteiger partial charge in [-0.1, -0.05) is 28.1 Å². The Labute approximate surface area is 217 Å². The highest BCUT2D eigenvalue weighted by Crippen LogP contribution is 2.27. The molecule has 0 saturated heterocycles. The zero-order valence-electron chi connectivity index (χ0n) is 19.1. The lowest BCUT2D eigenvalue weighted by Crippen LogP contribution is -2.39. The molecule has 0 spiro atoms. The quantitative estimate of drug-likeness (QED) is 0.317. The third kappa shape index (κ3) is 6.40. The van der Waals surface area contributed by atoms with Crippen molar-refractivity contribution in [2.45, 2.75) is 31.2 Å². The van der Waals surface area contributed by atoms with Crippen LogP contribution in [0.25, 0.3) is 0 Å². The molecule has 34 heavy (non-hydrogen) atoms. The van der Waals surface area contributed by atoms with E-state index in [1.54, 1.807) is 43.5 Å². The smallest absolute Gasteiger partial charge is 0.263 e. The minimum Gasteiger partial charge on any atom is -0.497 e. The number of amides is 1. The second-order valence-corrected chi connectivity index (χ2v) is 11.2. The lowest BCUT2D eigenvalue weighted by Gasteiger charge is -2.28. The molecule has 0 heterocycles. The first-order valence-electron chi connectivity index (χ1n) is 10.7. The molecule has 6 nitrogen and oxygen atoms in total. The van der Waals surface area contributed by atoms with Crippen molar-refractivity contribution in [2.24, 2.45) is 0 Å². The van der Waals surface area contributed by atoms with Crippen LogP contribution in [0.5, 0.6) is 5.75 Å². The van der Waals surface area contributed by atoms with Crippen LogP contribution in [0.4, 0.5) is 5.69 Å². The molecule has 3 aromatic carbocycles. The predicted molar refractivity (Wildman–Crippen MR) is 142 cm³/mol. The number of halogens is 2. The number of sulfonamides is 1. The zero-order chi connectivity index (χ0) is 24.9. The number of carbonyl (C=O) groups excluding carboxylic acids is 1. The normalized spacial score (nSPS) is 12.1. The van der Waals surface area contributed by atoms with Crippen LogP contribution in [0.15, 0.2) is 80.6 Å². The second kappa shape index (κ2) is 11.4. The molecular formula is C25H26Br2N2O4S. The molecule has 0 aromatic heterocycles. The maximum absolute atomic E-state index is 13.2. The van der Waals surface area contributed by atoms with E-state index in [1.165, 1.54) is 6.07 Å². The molecule has 3 aromatic rings. The third-order valence-electron chi connectivity index (χ3n) is 5.39. The van der Waals surface area contributed by atoms with E-state index in [2.05, 4.69) is 36.6 Å². The van der Waals surface area contributed by atoms with Crippen LogP contribution in [-0.2, 0) is 16.4 Å². The summed E-state index contributed by atoms with van der Waals surface area (Å²) in [7, 11) is -2.17. The van der Waals surface area contributed by atoms with Gasteiger partial charge in [-0.3, -0.25) is 9.52 Å². The molecule has 1 atom stereocenters. The number of nitrogens with zero attached hydrogens (tertiary/aromatic N) is 1.